The van der Waals surface area contributed by atoms with Crippen LogP contribution in [0.3, 0.4) is 0 Å². The van der Waals surface area contributed by atoms with Gasteiger partial charge in [-0.3, -0.25) is 4.90 Å². The lowest BCUT2D eigenvalue weighted by molar-refractivity contribution is -0.144. The number of ether oxygens (including phenoxy) is 1. The highest BCUT2D eigenvalue weighted by atomic mass is 16.6. The predicted octanol–water partition coefficient (Wildman–Crippen LogP) is 2.25. The fourth-order valence-corrected chi connectivity index (χ4v) is 2.81. The lowest BCUT2D eigenvalue weighted by Crippen LogP contribution is -2.50. The van der Waals surface area contributed by atoms with Crippen molar-refractivity contribution in [2.75, 3.05) is 6.54 Å². The number of carbonyl (C=O) groups excluding carboxylic acids is 1. The van der Waals surface area contributed by atoms with E-state index in [0.29, 0.717) is 18.9 Å². The van der Waals surface area contributed by atoms with E-state index in [2.05, 4.69) is 0 Å². The van der Waals surface area contributed by atoms with Gasteiger partial charge in [0.05, 0.1) is 0 Å². The van der Waals surface area contributed by atoms with Gasteiger partial charge < -0.3 is 9.84 Å². The first-order valence-corrected chi connectivity index (χ1v) is 6.78. The Kier molecular flexibility index (Phi) is 4.09. The Morgan fingerprint density at radius 3 is 2.50 bits per heavy atom. The zero-order valence-corrected chi connectivity index (χ0v) is 10.8. The fourth-order valence-electron chi connectivity index (χ4n) is 2.81. The summed E-state index contributed by atoms with van der Waals surface area (Å²) in [5, 5.41) is 9.19. The van der Waals surface area contributed by atoms with E-state index in [-0.39, 0.29) is 6.10 Å². The van der Waals surface area contributed by atoms with E-state index in [9.17, 15) is 14.7 Å². The van der Waals surface area contributed by atoms with E-state index in [1.54, 1.807) is 0 Å². The molecule has 1 heterocycles. The van der Waals surface area contributed by atoms with Crippen LogP contribution in [0.4, 0.5) is 4.79 Å². The van der Waals surface area contributed by atoms with Crippen LogP contribution in [0, 0.1) is 5.92 Å². The first-order chi connectivity index (χ1) is 8.58. The molecule has 0 aromatic rings. The van der Waals surface area contributed by atoms with Gasteiger partial charge in [0.1, 0.15) is 12.1 Å². The summed E-state index contributed by atoms with van der Waals surface area (Å²) in [5.41, 5.74) is 0. The number of carboxylic acid groups (broad SMARTS) is 1. The quantitative estimate of drug-likeness (QED) is 0.821. The molecule has 0 spiro atoms. The SMILES string of the molecule is CC1CCN(C(=O)OC2CCCC2)C(C(=O)O)C1. The summed E-state index contributed by atoms with van der Waals surface area (Å²) in [5.74, 6) is -0.577. The highest BCUT2D eigenvalue weighted by molar-refractivity contribution is 5.80. The molecule has 2 atom stereocenters. The van der Waals surface area contributed by atoms with Crippen molar-refractivity contribution in [2.24, 2.45) is 5.92 Å². The second-order valence-electron chi connectivity index (χ2n) is 5.47. The Labute approximate surface area is 107 Å². The van der Waals surface area contributed by atoms with Crippen LogP contribution in [-0.4, -0.2) is 40.8 Å². The van der Waals surface area contributed by atoms with E-state index in [1.807, 2.05) is 6.92 Å². The van der Waals surface area contributed by atoms with E-state index in [1.165, 1.54) is 4.90 Å². The predicted molar refractivity (Wildman–Crippen MR) is 65.3 cm³/mol. The molecule has 0 aromatic carbocycles. The van der Waals surface area contributed by atoms with Crippen LogP contribution in [0.1, 0.15) is 45.4 Å². The molecule has 1 amide bonds. The Morgan fingerprint density at radius 1 is 1.22 bits per heavy atom. The van der Waals surface area contributed by atoms with Gasteiger partial charge in [-0.25, -0.2) is 9.59 Å². The topological polar surface area (TPSA) is 66.8 Å². The van der Waals surface area contributed by atoms with Crippen LogP contribution >= 0.6 is 0 Å². The lowest BCUT2D eigenvalue weighted by Gasteiger charge is -2.35. The fraction of sp³-hybridized carbons (Fsp3) is 0.846. The van der Waals surface area contributed by atoms with Crippen molar-refractivity contribution in [3.8, 4) is 0 Å². The van der Waals surface area contributed by atoms with Crippen LogP contribution in [0.25, 0.3) is 0 Å². The third kappa shape index (κ3) is 2.94. The monoisotopic (exact) mass is 255 g/mol. The zero-order chi connectivity index (χ0) is 13.1. The molecule has 2 fully saturated rings. The zero-order valence-electron chi connectivity index (χ0n) is 10.8. The van der Waals surface area contributed by atoms with E-state index in [4.69, 9.17) is 4.74 Å². The van der Waals surface area contributed by atoms with Gasteiger partial charge in [-0.2, -0.15) is 0 Å². The van der Waals surface area contributed by atoms with Crippen molar-refractivity contribution in [1.82, 2.24) is 4.90 Å². The first kappa shape index (κ1) is 13.2. The maximum absolute atomic E-state index is 12.0. The number of likely N-dealkylation sites (tertiary alicyclic amines) is 1. The van der Waals surface area contributed by atoms with Gasteiger partial charge in [-0.05, 0) is 44.4 Å². The Hall–Kier alpha value is -1.26. The van der Waals surface area contributed by atoms with Crippen LogP contribution in [-0.2, 0) is 9.53 Å². The van der Waals surface area contributed by atoms with Gasteiger partial charge in [0, 0.05) is 6.54 Å². The summed E-state index contributed by atoms with van der Waals surface area (Å²) >= 11 is 0. The smallest absolute Gasteiger partial charge is 0.410 e. The molecule has 0 aromatic heterocycles. The molecule has 5 nitrogen and oxygen atoms in total. The van der Waals surface area contributed by atoms with Crippen molar-refractivity contribution in [2.45, 2.75) is 57.6 Å². The molecule has 5 heteroatoms. The van der Waals surface area contributed by atoms with Crippen LogP contribution in [0.5, 0.6) is 0 Å². The molecule has 1 aliphatic heterocycles. The number of piperidine rings is 1. The highest BCUT2D eigenvalue weighted by Crippen LogP contribution is 2.26. The summed E-state index contributed by atoms with van der Waals surface area (Å²) in [4.78, 5) is 24.6. The third-order valence-electron chi connectivity index (χ3n) is 3.95. The summed E-state index contributed by atoms with van der Waals surface area (Å²) in [6.07, 6.45) is 4.93. The summed E-state index contributed by atoms with van der Waals surface area (Å²) < 4.78 is 5.39. The molecule has 1 saturated carbocycles. The molecule has 18 heavy (non-hydrogen) atoms. The van der Waals surface area contributed by atoms with Crippen LogP contribution in [0.15, 0.2) is 0 Å². The number of rotatable bonds is 2. The summed E-state index contributed by atoms with van der Waals surface area (Å²) in [6.45, 7) is 2.51. The Bertz CT molecular complexity index is 325. The minimum atomic E-state index is -0.926. The average molecular weight is 255 g/mol. The second-order valence-corrected chi connectivity index (χ2v) is 5.47. The normalized spacial score (nSPS) is 29.3. The van der Waals surface area contributed by atoms with Crippen molar-refractivity contribution < 1.29 is 19.4 Å². The van der Waals surface area contributed by atoms with Crippen molar-refractivity contribution in [3.05, 3.63) is 0 Å². The maximum Gasteiger partial charge on any atom is 0.410 e. The van der Waals surface area contributed by atoms with E-state index in [0.717, 1.165) is 32.1 Å². The third-order valence-corrected chi connectivity index (χ3v) is 3.95. The van der Waals surface area contributed by atoms with E-state index < -0.39 is 18.1 Å². The largest absolute Gasteiger partial charge is 0.480 e. The summed E-state index contributed by atoms with van der Waals surface area (Å²) in [6, 6.07) is -0.720. The average Bonchev–Trinajstić information content (AvgIpc) is 2.81. The number of hydrogen-bond donors (Lipinski definition) is 1. The number of aliphatic carboxylic acids is 1. The molecule has 0 radical (unpaired) electrons. The van der Waals surface area contributed by atoms with Crippen molar-refractivity contribution >= 4 is 12.1 Å². The Balaban J connectivity index is 1.95. The molecule has 1 saturated heterocycles. The second kappa shape index (κ2) is 5.59. The highest BCUT2D eigenvalue weighted by Gasteiger charge is 2.36. The minimum absolute atomic E-state index is 0.00806. The number of nitrogens with zero attached hydrogens (tertiary/aromatic N) is 1. The van der Waals surface area contributed by atoms with Gasteiger partial charge in [-0.15, -0.1) is 0 Å². The number of hydrogen-bond acceptors (Lipinski definition) is 3. The van der Waals surface area contributed by atoms with Crippen LogP contribution < -0.4 is 0 Å². The van der Waals surface area contributed by atoms with Gasteiger partial charge in [0.25, 0.3) is 0 Å². The van der Waals surface area contributed by atoms with Crippen molar-refractivity contribution in [1.29, 1.82) is 0 Å². The molecule has 102 valence electrons. The maximum atomic E-state index is 12.0. The molecular formula is C13H21NO4. The Morgan fingerprint density at radius 2 is 1.89 bits per heavy atom. The van der Waals surface area contributed by atoms with E-state index >= 15 is 0 Å². The van der Waals surface area contributed by atoms with Gasteiger partial charge in [0.2, 0.25) is 0 Å². The van der Waals surface area contributed by atoms with Crippen LogP contribution in [0.2, 0.25) is 0 Å². The molecule has 2 rings (SSSR count). The molecule has 1 N–H and O–H groups in total. The summed E-state index contributed by atoms with van der Waals surface area (Å²) in [7, 11) is 0. The standard InChI is InChI=1S/C13H21NO4/c1-9-6-7-14(11(8-9)12(15)16)13(17)18-10-4-2-3-5-10/h9-11H,2-8H2,1H3,(H,15,16). The number of carboxylic acids is 1. The van der Waals surface area contributed by atoms with Gasteiger partial charge >= 0.3 is 12.1 Å². The molecule has 2 unspecified atom stereocenters. The van der Waals surface area contributed by atoms with Gasteiger partial charge in [0.15, 0.2) is 0 Å². The molecule has 2 aliphatic rings. The molecule has 1 aliphatic carbocycles. The first-order valence-electron chi connectivity index (χ1n) is 6.78. The molecular weight excluding hydrogens is 234 g/mol. The number of carbonyl (C=O) groups is 2. The van der Waals surface area contributed by atoms with Crippen molar-refractivity contribution in [3.63, 3.8) is 0 Å². The molecule has 0 bridgehead atoms. The number of amides is 1. The minimum Gasteiger partial charge on any atom is -0.480 e. The van der Waals surface area contributed by atoms with Gasteiger partial charge in [-0.1, -0.05) is 6.92 Å². The lowest BCUT2D eigenvalue weighted by atomic mass is 9.93.